The summed E-state index contributed by atoms with van der Waals surface area (Å²) in [4.78, 5) is 29.2. The zero-order chi connectivity index (χ0) is 20.5. The van der Waals surface area contributed by atoms with Crippen LogP contribution in [0.3, 0.4) is 0 Å². The van der Waals surface area contributed by atoms with Gasteiger partial charge < -0.3 is 18.8 Å². The van der Waals surface area contributed by atoms with Crippen LogP contribution >= 0.6 is 0 Å². The predicted octanol–water partition coefficient (Wildman–Crippen LogP) is 3.67. The maximum atomic E-state index is 13.4. The van der Waals surface area contributed by atoms with Crippen molar-refractivity contribution in [2.24, 2.45) is 0 Å². The fourth-order valence-electron chi connectivity index (χ4n) is 4.14. The standard InChI is InChI=1S/C23H27N3O3/c1-4-21(27)25-11-10-24(14-17(25)3)22(28)20-13-18-9-12-29-23(18)26(20)15-19-8-6-5-7-16(19)2/h5-9,12-13,17H,4,10-11,14-15H2,1-3H3/t17-/m1/s1. The third-order valence-electron chi connectivity index (χ3n) is 5.85. The summed E-state index contributed by atoms with van der Waals surface area (Å²) in [6, 6.07) is 12.0. The van der Waals surface area contributed by atoms with Crippen molar-refractivity contribution in [2.75, 3.05) is 19.6 Å². The van der Waals surface area contributed by atoms with Crippen LogP contribution in [-0.2, 0) is 11.3 Å². The maximum Gasteiger partial charge on any atom is 0.270 e. The number of amides is 2. The first-order valence-corrected chi connectivity index (χ1v) is 10.2. The van der Waals surface area contributed by atoms with Gasteiger partial charge in [0.2, 0.25) is 11.6 Å². The third-order valence-corrected chi connectivity index (χ3v) is 5.85. The summed E-state index contributed by atoms with van der Waals surface area (Å²) in [7, 11) is 0. The average molecular weight is 393 g/mol. The highest BCUT2D eigenvalue weighted by atomic mass is 16.3. The minimum Gasteiger partial charge on any atom is -0.448 e. The van der Waals surface area contributed by atoms with Crippen LogP contribution in [0.25, 0.3) is 11.1 Å². The molecule has 0 N–H and O–H groups in total. The fourth-order valence-corrected chi connectivity index (χ4v) is 4.14. The molecule has 0 spiro atoms. The van der Waals surface area contributed by atoms with E-state index in [-0.39, 0.29) is 17.9 Å². The number of fused-ring (bicyclic) bond motifs is 1. The van der Waals surface area contributed by atoms with Crippen molar-refractivity contribution in [3.8, 4) is 0 Å². The Labute approximate surface area is 170 Å². The van der Waals surface area contributed by atoms with E-state index >= 15 is 0 Å². The van der Waals surface area contributed by atoms with E-state index in [0.29, 0.717) is 44.0 Å². The molecule has 1 aliphatic heterocycles. The highest BCUT2D eigenvalue weighted by Gasteiger charge is 2.31. The number of nitrogens with zero attached hydrogens (tertiary/aromatic N) is 3. The lowest BCUT2D eigenvalue weighted by Gasteiger charge is -2.39. The maximum absolute atomic E-state index is 13.4. The molecule has 1 saturated heterocycles. The second kappa shape index (κ2) is 7.78. The number of benzene rings is 1. The first kappa shape index (κ1) is 19.3. The predicted molar refractivity (Wildman–Crippen MR) is 112 cm³/mol. The smallest absolute Gasteiger partial charge is 0.270 e. The van der Waals surface area contributed by atoms with Crippen LogP contribution in [0.2, 0.25) is 0 Å². The van der Waals surface area contributed by atoms with Crippen molar-refractivity contribution in [1.29, 1.82) is 0 Å². The van der Waals surface area contributed by atoms with Crippen LogP contribution in [0.4, 0.5) is 0 Å². The second-order valence-electron chi connectivity index (χ2n) is 7.76. The van der Waals surface area contributed by atoms with Gasteiger partial charge in [0.15, 0.2) is 0 Å². The van der Waals surface area contributed by atoms with Gasteiger partial charge in [-0.2, -0.15) is 0 Å². The van der Waals surface area contributed by atoms with Gasteiger partial charge in [0.1, 0.15) is 5.69 Å². The molecule has 0 radical (unpaired) electrons. The van der Waals surface area contributed by atoms with Crippen molar-refractivity contribution in [3.05, 3.63) is 59.5 Å². The fraction of sp³-hybridized carbons (Fsp3) is 0.391. The van der Waals surface area contributed by atoms with Crippen molar-refractivity contribution in [2.45, 2.75) is 39.8 Å². The van der Waals surface area contributed by atoms with Crippen LogP contribution in [-0.4, -0.2) is 51.9 Å². The molecule has 1 fully saturated rings. The lowest BCUT2D eigenvalue weighted by molar-refractivity contribution is -0.134. The zero-order valence-electron chi connectivity index (χ0n) is 17.2. The van der Waals surface area contributed by atoms with Crippen LogP contribution in [0.15, 0.2) is 47.1 Å². The van der Waals surface area contributed by atoms with Crippen LogP contribution in [0, 0.1) is 6.92 Å². The molecule has 2 aromatic heterocycles. The first-order chi connectivity index (χ1) is 14.0. The normalized spacial score (nSPS) is 17.1. The number of aryl methyl sites for hydroxylation is 1. The Morgan fingerprint density at radius 3 is 2.69 bits per heavy atom. The van der Waals surface area contributed by atoms with Gasteiger partial charge in [-0.25, -0.2) is 0 Å². The molecule has 6 nitrogen and oxygen atoms in total. The molecule has 0 bridgehead atoms. The molecule has 3 heterocycles. The van der Waals surface area contributed by atoms with E-state index in [4.69, 9.17) is 4.42 Å². The Bertz CT molecular complexity index is 1050. The Hall–Kier alpha value is -3.02. The Kier molecular flexibility index (Phi) is 5.18. The van der Waals surface area contributed by atoms with Crippen molar-refractivity contribution in [3.63, 3.8) is 0 Å². The van der Waals surface area contributed by atoms with E-state index < -0.39 is 0 Å². The van der Waals surface area contributed by atoms with E-state index in [1.54, 1.807) is 6.26 Å². The number of hydrogen-bond acceptors (Lipinski definition) is 3. The highest BCUT2D eigenvalue weighted by Crippen LogP contribution is 2.25. The van der Waals surface area contributed by atoms with Crippen molar-refractivity contribution < 1.29 is 14.0 Å². The number of carbonyl (C=O) groups excluding carboxylic acids is 2. The molecule has 29 heavy (non-hydrogen) atoms. The highest BCUT2D eigenvalue weighted by molar-refractivity contribution is 5.98. The summed E-state index contributed by atoms with van der Waals surface area (Å²) in [5, 5.41) is 0.926. The largest absolute Gasteiger partial charge is 0.448 e. The van der Waals surface area contributed by atoms with Gasteiger partial charge in [0, 0.05) is 37.5 Å². The zero-order valence-corrected chi connectivity index (χ0v) is 17.2. The summed E-state index contributed by atoms with van der Waals surface area (Å²) in [5.41, 5.74) is 3.68. The summed E-state index contributed by atoms with van der Waals surface area (Å²) < 4.78 is 7.67. The number of furan rings is 1. The molecule has 0 unspecified atom stereocenters. The van der Waals surface area contributed by atoms with Gasteiger partial charge in [-0.05, 0) is 37.1 Å². The molecular weight excluding hydrogens is 366 g/mol. The van der Waals surface area contributed by atoms with E-state index in [2.05, 4.69) is 19.1 Å². The molecular formula is C23H27N3O3. The number of hydrogen-bond donors (Lipinski definition) is 0. The Morgan fingerprint density at radius 2 is 1.97 bits per heavy atom. The third kappa shape index (κ3) is 3.55. The molecule has 4 rings (SSSR count). The summed E-state index contributed by atoms with van der Waals surface area (Å²) in [6.07, 6.45) is 2.15. The van der Waals surface area contributed by atoms with Crippen molar-refractivity contribution in [1.82, 2.24) is 14.4 Å². The van der Waals surface area contributed by atoms with Gasteiger partial charge in [0.05, 0.1) is 12.8 Å². The molecule has 0 aliphatic carbocycles. The van der Waals surface area contributed by atoms with Crippen LogP contribution in [0.1, 0.15) is 41.9 Å². The molecule has 152 valence electrons. The molecule has 1 aliphatic rings. The van der Waals surface area contributed by atoms with E-state index in [0.717, 1.165) is 10.9 Å². The first-order valence-electron chi connectivity index (χ1n) is 10.2. The molecule has 1 aromatic carbocycles. The minimum atomic E-state index is -0.0135. The Morgan fingerprint density at radius 1 is 1.17 bits per heavy atom. The van der Waals surface area contributed by atoms with Gasteiger partial charge in [-0.1, -0.05) is 31.2 Å². The number of aromatic nitrogens is 1. The Balaban J connectivity index is 1.62. The molecule has 0 saturated carbocycles. The molecule has 2 amide bonds. The monoisotopic (exact) mass is 393 g/mol. The lowest BCUT2D eigenvalue weighted by atomic mass is 10.1. The van der Waals surface area contributed by atoms with Gasteiger partial charge in [-0.15, -0.1) is 0 Å². The van der Waals surface area contributed by atoms with Gasteiger partial charge in [0.25, 0.3) is 5.91 Å². The molecule has 1 atom stereocenters. The van der Waals surface area contributed by atoms with Gasteiger partial charge in [-0.3, -0.25) is 9.59 Å². The summed E-state index contributed by atoms with van der Waals surface area (Å²) >= 11 is 0. The van der Waals surface area contributed by atoms with E-state index in [9.17, 15) is 9.59 Å². The van der Waals surface area contributed by atoms with Crippen molar-refractivity contribution >= 4 is 22.9 Å². The minimum absolute atomic E-state index is 0.0135. The second-order valence-corrected chi connectivity index (χ2v) is 7.76. The average Bonchev–Trinajstić information content (AvgIpc) is 3.31. The topological polar surface area (TPSA) is 58.7 Å². The lowest BCUT2D eigenvalue weighted by Crippen LogP contribution is -2.55. The quantitative estimate of drug-likeness (QED) is 0.679. The molecule has 3 aromatic rings. The number of rotatable bonds is 4. The van der Waals surface area contributed by atoms with Crippen LogP contribution in [0.5, 0.6) is 0 Å². The number of piperazine rings is 1. The molecule has 6 heteroatoms. The summed E-state index contributed by atoms with van der Waals surface area (Å²) in [6.45, 7) is 8.20. The summed E-state index contributed by atoms with van der Waals surface area (Å²) in [5.74, 6) is 0.130. The van der Waals surface area contributed by atoms with E-state index in [1.165, 1.54) is 5.56 Å². The van der Waals surface area contributed by atoms with Gasteiger partial charge >= 0.3 is 0 Å². The van der Waals surface area contributed by atoms with E-state index in [1.807, 2.05) is 52.5 Å². The van der Waals surface area contributed by atoms with Crippen LogP contribution < -0.4 is 0 Å². The number of carbonyl (C=O) groups is 2. The SMILES string of the molecule is CCC(=O)N1CCN(C(=O)c2cc3ccoc3n2Cc2ccccc2C)C[C@H]1C.